The normalized spacial score (nSPS) is 15.5. The first-order valence-corrected chi connectivity index (χ1v) is 9.65. The fraction of sp³-hybridized carbons (Fsp3) is 0.450. The summed E-state index contributed by atoms with van der Waals surface area (Å²) in [5.41, 5.74) is 2.20. The van der Waals surface area contributed by atoms with Crippen molar-refractivity contribution in [3.8, 4) is 0 Å². The lowest BCUT2D eigenvalue weighted by atomic mass is 10.0. The molecule has 0 aliphatic carbocycles. The summed E-state index contributed by atoms with van der Waals surface area (Å²) in [6.45, 7) is 5.07. The summed E-state index contributed by atoms with van der Waals surface area (Å²) in [5.74, 6) is 0.667. The van der Waals surface area contributed by atoms with Crippen LogP contribution in [0, 0.1) is 6.92 Å². The van der Waals surface area contributed by atoms with E-state index in [-0.39, 0.29) is 23.8 Å². The van der Waals surface area contributed by atoms with Crippen molar-refractivity contribution < 1.29 is 4.79 Å². The van der Waals surface area contributed by atoms with E-state index in [4.69, 9.17) is 11.6 Å². The predicted octanol–water partition coefficient (Wildman–Crippen LogP) is 2.97. The highest BCUT2D eigenvalue weighted by Crippen LogP contribution is 2.18. The zero-order valence-electron chi connectivity index (χ0n) is 15.9. The van der Waals surface area contributed by atoms with Crippen molar-refractivity contribution in [2.75, 3.05) is 32.0 Å². The van der Waals surface area contributed by atoms with E-state index in [0.717, 1.165) is 38.0 Å². The Morgan fingerprint density at radius 1 is 1.30 bits per heavy atom. The second-order valence-corrected chi connectivity index (χ2v) is 7.36. The number of carbonyl (C=O) groups is 1. The van der Waals surface area contributed by atoms with Gasteiger partial charge in [0.05, 0.1) is 6.54 Å². The molecule has 0 radical (unpaired) electrons. The Balaban J connectivity index is 1.46. The van der Waals surface area contributed by atoms with Crippen LogP contribution < -0.4 is 5.32 Å². The fourth-order valence-corrected chi connectivity index (χ4v) is 3.53. The van der Waals surface area contributed by atoms with Crippen LogP contribution in [0.5, 0.6) is 0 Å². The van der Waals surface area contributed by atoms with Crippen molar-refractivity contribution in [3.05, 3.63) is 52.9 Å². The van der Waals surface area contributed by atoms with E-state index in [2.05, 4.69) is 44.5 Å². The number of rotatable bonds is 6. The highest BCUT2D eigenvalue weighted by molar-refractivity contribution is 6.28. The molecule has 1 aromatic carbocycles. The minimum absolute atomic E-state index is 0.0608. The quantitative estimate of drug-likeness (QED) is 0.772. The Kier molecular flexibility index (Phi) is 6.63. The average molecular weight is 388 g/mol. The van der Waals surface area contributed by atoms with Crippen LogP contribution in [0.25, 0.3) is 0 Å². The molecule has 27 heavy (non-hydrogen) atoms. The zero-order chi connectivity index (χ0) is 19.2. The average Bonchev–Trinajstić information content (AvgIpc) is 2.69. The highest BCUT2D eigenvalue weighted by atomic mass is 35.5. The lowest BCUT2D eigenvalue weighted by Gasteiger charge is -2.36. The molecular weight excluding hydrogens is 362 g/mol. The lowest BCUT2D eigenvalue weighted by Crippen LogP contribution is -2.46. The van der Waals surface area contributed by atoms with E-state index in [1.165, 1.54) is 5.56 Å². The molecule has 2 aromatic rings. The molecule has 7 heteroatoms. The number of benzene rings is 1. The molecule has 0 atom stereocenters. The van der Waals surface area contributed by atoms with Gasteiger partial charge in [-0.05, 0) is 36.9 Å². The van der Waals surface area contributed by atoms with Crippen molar-refractivity contribution in [1.82, 2.24) is 19.8 Å². The molecule has 6 nitrogen and oxygen atoms in total. The van der Waals surface area contributed by atoms with Gasteiger partial charge in [0.25, 0.3) is 0 Å². The molecule has 1 fully saturated rings. The van der Waals surface area contributed by atoms with Crippen molar-refractivity contribution in [2.24, 2.45) is 0 Å². The van der Waals surface area contributed by atoms with E-state index in [0.29, 0.717) is 5.82 Å². The molecule has 1 amide bonds. The Labute approximate surface area is 165 Å². The molecule has 0 spiro atoms. The first-order chi connectivity index (χ1) is 13.0. The molecule has 144 valence electrons. The number of hydrogen-bond donors (Lipinski definition) is 1. The Hall–Kier alpha value is -2.18. The van der Waals surface area contributed by atoms with Crippen LogP contribution in [0.2, 0.25) is 5.28 Å². The number of nitrogens with one attached hydrogen (secondary N) is 1. The predicted molar refractivity (Wildman–Crippen MR) is 108 cm³/mol. The first-order valence-electron chi connectivity index (χ1n) is 9.28. The summed E-state index contributed by atoms with van der Waals surface area (Å²) in [4.78, 5) is 24.9. The molecule has 1 aliphatic heterocycles. The lowest BCUT2D eigenvalue weighted by molar-refractivity contribution is -0.130. The monoisotopic (exact) mass is 387 g/mol. The number of aromatic nitrogens is 2. The molecule has 3 rings (SSSR count). The number of piperidine rings is 1. The van der Waals surface area contributed by atoms with Crippen LogP contribution in [0.4, 0.5) is 5.82 Å². The first kappa shape index (κ1) is 19.6. The van der Waals surface area contributed by atoms with Gasteiger partial charge in [0, 0.05) is 44.5 Å². The van der Waals surface area contributed by atoms with E-state index >= 15 is 0 Å². The number of anilines is 1. The van der Waals surface area contributed by atoms with Crippen LogP contribution in [-0.2, 0) is 11.3 Å². The van der Waals surface area contributed by atoms with Gasteiger partial charge in [-0.2, -0.15) is 0 Å². The minimum atomic E-state index is 0.0608. The Bertz CT molecular complexity index is 762. The largest absolute Gasteiger partial charge is 0.361 e. The van der Waals surface area contributed by atoms with Gasteiger partial charge in [0.2, 0.25) is 11.2 Å². The summed E-state index contributed by atoms with van der Waals surface area (Å²) >= 11 is 5.83. The van der Waals surface area contributed by atoms with Crippen molar-refractivity contribution in [2.45, 2.75) is 32.4 Å². The maximum absolute atomic E-state index is 12.6. The van der Waals surface area contributed by atoms with E-state index in [1.807, 2.05) is 24.9 Å². The molecule has 2 heterocycles. The number of aryl methyl sites for hydroxylation is 1. The smallest absolute Gasteiger partial charge is 0.241 e. The standard InChI is InChI=1S/C20H26ClN5O/c1-15-12-23-20(21)24-19(15)22-13-18(27)25(2)17-8-10-26(11-9-17)14-16-6-4-3-5-7-16/h3-7,12,17H,8-11,13-14H2,1-2H3,(H,22,23,24). The van der Waals surface area contributed by atoms with Gasteiger partial charge in [0.1, 0.15) is 5.82 Å². The van der Waals surface area contributed by atoms with E-state index < -0.39 is 0 Å². The topological polar surface area (TPSA) is 61.4 Å². The second kappa shape index (κ2) is 9.15. The maximum atomic E-state index is 12.6. The summed E-state index contributed by atoms with van der Waals surface area (Å²) in [6, 6.07) is 10.8. The Morgan fingerprint density at radius 3 is 2.70 bits per heavy atom. The Morgan fingerprint density at radius 2 is 2.00 bits per heavy atom. The summed E-state index contributed by atoms with van der Waals surface area (Å²) in [5, 5.41) is 3.25. The summed E-state index contributed by atoms with van der Waals surface area (Å²) in [7, 11) is 1.89. The number of nitrogens with zero attached hydrogens (tertiary/aromatic N) is 4. The van der Waals surface area contributed by atoms with Gasteiger partial charge in [-0.3, -0.25) is 9.69 Å². The van der Waals surface area contributed by atoms with Crippen molar-refractivity contribution in [1.29, 1.82) is 0 Å². The van der Waals surface area contributed by atoms with Crippen LogP contribution in [-0.4, -0.2) is 58.4 Å². The molecular formula is C20H26ClN5O. The fourth-order valence-electron chi connectivity index (χ4n) is 3.39. The van der Waals surface area contributed by atoms with E-state index in [9.17, 15) is 4.79 Å². The molecule has 1 N–H and O–H groups in total. The molecule has 0 bridgehead atoms. The third kappa shape index (κ3) is 5.40. The number of amides is 1. The molecule has 0 saturated carbocycles. The van der Waals surface area contributed by atoms with Crippen LogP contribution in [0.3, 0.4) is 0 Å². The third-order valence-corrected chi connectivity index (χ3v) is 5.28. The van der Waals surface area contributed by atoms with Gasteiger partial charge >= 0.3 is 0 Å². The number of carbonyl (C=O) groups excluding carboxylic acids is 1. The van der Waals surface area contributed by atoms with Crippen molar-refractivity contribution in [3.63, 3.8) is 0 Å². The number of hydrogen-bond acceptors (Lipinski definition) is 5. The van der Waals surface area contributed by atoms with Gasteiger partial charge in [-0.25, -0.2) is 9.97 Å². The maximum Gasteiger partial charge on any atom is 0.241 e. The second-order valence-electron chi connectivity index (χ2n) is 7.02. The van der Waals surface area contributed by atoms with Crippen LogP contribution >= 0.6 is 11.6 Å². The van der Waals surface area contributed by atoms with Gasteiger partial charge < -0.3 is 10.2 Å². The molecule has 0 unspecified atom stereocenters. The third-order valence-electron chi connectivity index (χ3n) is 5.10. The van der Waals surface area contributed by atoms with Crippen LogP contribution in [0.1, 0.15) is 24.0 Å². The highest BCUT2D eigenvalue weighted by Gasteiger charge is 2.25. The number of likely N-dealkylation sites (tertiary alicyclic amines) is 1. The molecule has 1 aromatic heterocycles. The SMILES string of the molecule is Cc1cnc(Cl)nc1NCC(=O)N(C)C1CCN(Cc2ccccc2)CC1. The van der Waals surface area contributed by atoms with Gasteiger partial charge in [0.15, 0.2) is 0 Å². The number of halogens is 1. The number of likely N-dealkylation sites (N-methyl/N-ethyl adjacent to an activating group) is 1. The van der Waals surface area contributed by atoms with Gasteiger partial charge in [-0.15, -0.1) is 0 Å². The van der Waals surface area contributed by atoms with Crippen LogP contribution in [0.15, 0.2) is 36.5 Å². The molecule has 1 aliphatic rings. The summed E-state index contributed by atoms with van der Waals surface area (Å²) < 4.78 is 0. The molecule has 1 saturated heterocycles. The zero-order valence-corrected chi connectivity index (χ0v) is 16.6. The van der Waals surface area contributed by atoms with Gasteiger partial charge in [-0.1, -0.05) is 30.3 Å². The van der Waals surface area contributed by atoms with E-state index in [1.54, 1.807) is 6.20 Å². The minimum Gasteiger partial charge on any atom is -0.361 e. The summed E-state index contributed by atoms with van der Waals surface area (Å²) in [6.07, 6.45) is 3.63. The van der Waals surface area contributed by atoms with Crippen molar-refractivity contribution >= 4 is 23.3 Å².